The Bertz CT molecular complexity index is 1280. The molecule has 2 heterocycles. The van der Waals surface area contributed by atoms with E-state index in [1.807, 2.05) is 0 Å². The van der Waals surface area contributed by atoms with Gasteiger partial charge in [0.1, 0.15) is 5.82 Å². The van der Waals surface area contributed by atoms with E-state index in [4.69, 9.17) is 0 Å². The predicted octanol–water partition coefficient (Wildman–Crippen LogP) is 6.58. The van der Waals surface area contributed by atoms with Gasteiger partial charge in [0, 0.05) is 24.9 Å². The number of carbonyl (C=O) groups excluding carboxylic acids is 1. The number of nitrogens with zero attached hydrogens (tertiary/aromatic N) is 3. The summed E-state index contributed by atoms with van der Waals surface area (Å²) in [5.74, 6) is -0.817. The van der Waals surface area contributed by atoms with Crippen LogP contribution in [0.4, 0.5) is 30.7 Å². The Morgan fingerprint density at radius 1 is 1.05 bits per heavy atom. The fraction of sp³-hybridized carbons (Fsp3) is 0.385. The number of aromatic nitrogens is 2. The molecular formula is C26H25F7N3O+. The third-order valence-electron chi connectivity index (χ3n) is 6.90. The molecule has 2 aromatic carbocycles. The zero-order chi connectivity index (χ0) is 27.2. The number of carbonyl (C=O) groups is 1. The van der Waals surface area contributed by atoms with Crippen LogP contribution in [0.25, 0.3) is 0 Å². The minimum absolute atomic E-state index is 0.0236. The fourth-order valence-electron chi connectivity index (χ4n) is 5.07. The van der Waals surface area contributed by atoms with Gasteiger partial charge in [0.05, 0.1) is 31.3 Å². The molecule has 0 N–H and O–H groups in total. The Morgan fingerprint density at radius 2 is 1.70 bits per heavy atom. The van der Waals surface area contributed by atoms with E-state index in [-0.39, 0.29) is 33.7 Å². The zero-order valence-electron chi connectivity index (χ0n) is 20.1. The molecule has 0 bridgehead atoms. The van der Waals surface area contributed by atoms with Gasteiger partial charge in [-0.15, -0.1) is 0 Å². The molecule has 4 rings (SSSR count). The quantitative estimate of drug-likeness (QED) is 0.283. The van der Waals surface area contributed by atoms with Crippen molar-refractivity contribution in [2.45, 2.75) is 44.6 Å². The molecule has 1 aliphatic heterocycles. The van der Waals surface area contributed by atoms with Crippen LogP contribution in [0, 0.1) is 12.7 Å². The first-order chi connectivity index (χ1) is 17.2. The number of aryl methyl sites for hydroxylation is 1. The second kappa shape index (κ2) is 9.59. The second-order valence-electron chi connectivity index (χ2n) is 9.74. The number of amides is 1. The van der Waals surface area contributed by atoms with E-state index in [1.165, 1.54) is 29.1 Å². The number of quaternary nitrogens is 1. The van der Waals surface area contributed by atoms with E-state index in [0.717, 1.165) is 17.5 Å². The third-order valence-corrected chi connectivity index (χ3v) is 6.90. The van der Waals surface area contributed by atoms with Crippen molar-refractivity contribution in [2.24, 2.45) is 0 Å². The van der Waals surface area contributed by atoms with Crippen LogP contribution in [0.1, 0.15) is 57.2 Å². The molecule has 1 fully saturated rings. The van der Waals surface area contributed by atoms with Gasteiger partial charge in [0.25, 0.3) is 0 Å². The highest BCUT2D eigenvalue weighted by Crippen LogP contribution is 2.37. The molecule has 1 aliphatic rings. The van der Waals surface area contributed by atoms with Crippen molar-refractivity contribution >= 4 is 5.91 Å². The van der Waals surface area contributed by atoms with E-state index in [0.29, 0.717) is 31.6 Å². The Hall–Kier alpha value is -3.21. The number of imidazole rings is 1. The molecule has 0 aliphatic carbocycles. The van der Waals surface area contributed by atoms with Gasteiger partial charge in [-0.05, 0) is 66.8 Å². The average molecular weight is 528 g/mol. The molecule has 1 aromatic heterocycles. The van der Waals surface area contributed by atoms with Gasteiger partial charge in [-0.1, -0.05) is 6.07 Å². The van der Waals surface area contributed by atoms with Crippen molar-refractivity contribution in [3.05, 3.63) is 88.3 Å². The molecule has 2 atom stereocenters. The maximum absolute atomic E-state index is 13.6. The highest BCUT2D eigenvalue weighted by atomic mass is 19.4. The first kappa shape index (κ1) is 26.8. The highest BCUT2D eigenvalue weighted by molar-refractivity contribution is 5.85. The van der Waals surface area contributed by atoms with Gasteiger partial charge in [0.15, 0.2) is 0 Å². The van der Waals surface area contributed by atoms with Gasteiger partial charge in [-0.2, -0.15) is 26.3 Å². The molecule has 0 spiro atoms. The SMILES string of the molecule is Cc1cc(F)ccc1[C@H]1CCC[N+](C)(C(=O)c2nccn2Cc2cc(C(F)(F)F)cc(C(F)(F)F)c2)C1. The summed E-state index contributed by atoms with van der Waals surface area (Å²) in [5.41, 5.74) is -1.38. The molecule has 1 unspecified atom stereocenters. The summed E-state index contributed by atoms with van der Waals surface area (Å²) >= 11 is 0. The summed E-state index contributed by atoms with van der Waals surface area (Å²) in [6.45, 7) is 2.30. The normalized spacial score (nSPS) is 20.7. The first-order valence-corrected chi connectivity index (χ1v) is 11.6. The molecule has 1 saturated heterocycles. The minimum atomic E-state index is -4.97. The molecule has 0 saturated carbocycles. The van der Waals surface area contributed by atoms with Crippen LogP contribution in [0.5, 0.6) is 0 Å². The largest absolute Gasteiger partial charge is 0.416 e. The smallest absolute Gasteiger partial charge is 0.319 e. The van der Waals surface area contributed by atoms with Crippen LogP contribution in [0.2, 0.25) is 0 Å². The monoisotopic (exact) mass is 528 g/mol. The molecule has 198 valence electrons. The molecule has 11 heteroatoms. The Kier molecular flexibility index (Phi) is 6.96. The lowest BCUT2D eigenvalue weighted by atomic mass is 9.86. The van der Waals surface area contributed by atoms with Crippen molar-refractivity contribution in [3.8, 4) is 0 Å². The molecule has 3 aromatic rings. The predicted molar refractivity (Wildman–Crippen MR) is 121 cm³/mol. The lowest BCUT2D eigenvalue weighted by Gasteiger charge is -2.39. The average Bonchev–Trinajstić information content (AvgIpc) is 3.25. The number of hydrogen-bond donors (Lipinski definition) is 0. The lowest BCUT2D eigenvalue weighted by Crippen LogP contribution is -2.55. The molecular weight excluding hydrogens is 503 g/mol. The number of hydrogen-bond acceptors (Lipinski definition) is 2. The Balaban J connectivity index is 1.63. The topological polar surface area (TPSA) is 34.9 Å². The summed E-state index contributed by atoms with van der Waals surface area (Å²) in [5, 5.41) is 0. The lowest BCUT2D eigenvalue weighted by molar-refractivity contribution is -0.836. The van der Waals surface area contributed by atoms with Crippen molar-refractivity contribution in [1.29, 1.82) is 0 Å². The first-order valence-electron chi connectivity index (χ1n) is 11.6. The van der Waals surface area contributed by atoms with Crippen LogP contribution in [0.15, 0.2) is 48.8 Å². The van der Waals surface area contributed by atoms with Crippen molar-refractivity contribution in [2.75, 3.05) is 20.1 Å². The molecule has 4 nitrogen and oxygen atoms in total. The number of rotatable bonds is 4. The summed E-state index contributed by atoms with van der Waals surface area (Å²) < 4.78 is 94.5. The molecule has 37 heavy (non-hydrogen) atoms. The van der Waals surface area contributed by atoms with E-state index in [9.17, 15) is 35.5 Å². The number of alkyl halides is 6. The van der Waals surface area contributed by atoms with Gasteiger partial charge < -0.3 is 4.57 Å². The van der Waals surface area contributed by atoms with Crippen LogP contribution in [0.3, 0.4) is 0 Å². The number of halogens is 7. The van der Waals surface area contributed by atoms with Gasteiger partial charge in [-0.25, -0.2) is 14.2 Å². The van der Waals surface area contributed by atoms with Crippen LogP contribution in [-0.4, -0.2) is 40.1 Å². The van der Waals surface area contributed by atoms with E-state index in [2.05, 4.69) is 4.98 Å². The standard InChI is InChI=1S/C26H25F7N3O/c1-16-10-21(27)5-6-22(16)18-4-3-9-36(2,15-18)24(37)23-34-7-8-35(23)14-17-11-19(25(28,29)30)13-20(12-17)26(31,32)33/h5-8,10-13,18H,3-4,9,14-15H2,1-2H3/q+1/t18-,36?/m0/s1. The van der Waals surface area contributed by atoms with E-state index in [1.54, 1.807) is 20.0 Å². The molecule has 1 amide bonds. The fourth-order valence-corrected chi connectivity index (χ4v) is 5.07. The highest BCUT2D eigenvalue weighted by Gasteiger charge is 2.42. The number of benzene rings is 2. The van der Waals surface area contributed by atoms with Crippen LogP contribution >= 0.6 is 0 Å². The summed E-state index contributed by atoms with van der Waals surface area (Å²) in [7, 11) is 1.73. The van der Waals surface area contributed by atoms with E-state index < -0.39 is 35.9 Å². The van der Waals surface area contributed by atoms with Crippen molar-refractivity contribution in [3.63, 3.8) is 0 Å². The van der Waals surface area contributed by atoms with Crippen molar-refractivity contribution in [1.82, 2.24) is 9.55 Å². The van der Waals surface area contributed by atoms with Crippen LogP contribution < -0.4 is 0 Å². The van der Waals surface area contributed by atoms with Crippen molar-refractivity contribution < 1.29 is 40.0 Å². The number of likely N-dealkylation sites (N-methyl/N-ethyl adjacent to an activating group) is 1. The summed E-state index contributed by atoms with van der Waals surface area (Å²) in [6.07, 6.45) is -5.78. The maximum atomic E-state index is 13.6. The van der Waals surface area contributed by atoms with Gasteiger partial charge in [-0.3, -0.25) is 4.48 Å². The van der Waals surface area contributed by atoms with E-state index >= 15 is 0 Å². The number of likely N-dealkylation sites (tertiary alicyclic amines) is 1. The number of piperidine rings is 1. The van der Waals surface area contributed by atoms with Gasteiger partial charge in [0.2, 0.25) is 5.82 Å². The Labute approximate surface area is 208 Å². The van der Waals surface area contributed by atoms with Crippen LogP contribution in [-0.2, 0) is 18.9 Å². The maximum Gasteiger partial charge on any atom is 0.416 e. The second-order valence-corrected chi connectivity index (χ2v) is 9.74. The Morgan fingerprint density at radius 3 is 2.30 bits per heavy atom. The third kappa shape index (κ3) is 5.71. The zero-order valence-corrected chi connectivity index (χ0v) is 20.1. The molecule has 0 radical (unpaired) electrons. The summed E-state index contributed by atoms with van der Waals surface area (Å²) in [4.78, 5) is 17.7. The summed E-state index contributed by atoms with van der Waals surface area (Å²) in [6, 6.07) is 5.89. The van der Waals surface area contributed by atoms with Gasteiger partial charge >= 0.3 is 18.3 Å². The minimum Gasteiger partial charge on any atom is -0.319 e.